The number of aliphatic carboxylic acids is 1. The van der Waals surface area contributed by atoms with E-state index in [1.165, 1.54) is 0 Å². The molecule has 2 heteroatoms. The summed E-state index contributed by atoms with van der Waals surface area (Å²) in [5, 5.41) is 9.52. The van der Waals surface area contributed by atoms with Gasteiger partial charge in [0, 0.05) is 5.41 Å². The Hall–Kier alpha value is -1.05. The quantitative estimate of drug-likeness (QED) is 0.721. The first-order valence-electron chi connectivity index (χ1n) is 5.47. The third kappa shape index (κ3) is 1.27. The van der Waals surface area contributed by atoms with Crippen molar-refractivity contribution >= 4 is 5.97 Å². The lowest BCUT2D eigenvalue weighted by molar-refractivity contribution is -0.153. The van der Waals surface area contributed by atoms with Crippen molar-refractivity contribution in [1.29, 1.82) is 0 Å². The number of hydrogen-bond acceptors (Lipinski definition) is 1. The van der Waals surface area contributed by atoms with Gasteiger partial charge in [-0.25, -0.2) is 0 Å². The number of fused-ring (bicyclic) bond motifs is 2. The second-order valence-electron chi connectivity index (χ2n) is 5.47. The Kier molecular flexibility index (Phi) is 2.07. The molecule has 0 amide bonds. The molecule has 82 valence electrons. The molecule has 0 aromatic rings. The molecule has 1 saturated carbocycles. The van der Waals surface area contributed by atoms with Crippen LogP contribution in [0.5, 0.6) is 0 Å². The molecule has 1 N–H and O–H groups in total. The fourth-order valence-electron chi connectivity index (χ4n) is 3.40. The first kappa shape index (κ1) is 10.5. The van der Waals surface area contributed by atoms with E-state index in [1.54, 1.807) is 0 Å². The fourth-order valence-corrected chi connectivity index (χ4v) is 3.40. The van der Waals surface area contributed by atoms with Crippen LogP contribution in [0.25, 0.3) is 0 Å². The Morgan fingerprint density at radius 2 is 2.27 bits per heavy atom. The van der Waals surface area contributed by atoms with Gasteiger partial charge < -0.3 is 5.11 Å². The summed E-state index contributed by atoms with van der Waals surface area (Å²) in [5.41, 5.74) is 0.209. The predicted octanol–water partition coefficient (Wildman–Crippen LogP) is 3.01. The van der Waals surface area contributed by atoms with E-state index in [0.717, 1.165) is 18.4 Å². The minimum atomic E-state index is -0.653. The van der Waals surface area contributed by atoms with Gasteiger partial charge in [-0.1, -0.05) is 24.6 Å². The van der Waals surface area contributed by atoms with Crippen molar-refractivity contribution in [3.05, 3.63) is 24.3 Å². The number of carbonyl (C=O) groups is 1. The molecule has 0 heterocycles. The van der Waals surface area contributed by atoms with Crippen molar-refractivity contribution in [1.82, 2.24) is 0 Å². The molecule has 0 aliphatic heterocycles. The smallest absolute Gasteiger partial charge is 0.310 e. The largest absolute Gasteiger partial charge is 0.481 e. The lowest BCUT2D eigenvalue weighted by atomic mass is 9.63. The summed E-state index contributed by atoms with van der Waals surface area (Å²) in [5.74, 6) is -0.190. The summed E-state index contributed by atoms with van der Waals surface area (Å²) < 4.78 is 0. The van der Waals surface area contributed by atoms with Gasteiger partial charge in [-0.05, 0) is 32.1 Å². The topological polar surface area (TPSA) is 37.3 Å². The molecule has 2 bridgehead atoms. The highest BCUT2D eigenvalue weighted by Crippen LogP contribution is 2.62. The van der Waals surface area contributed by atoms with Crippen molar-refractivity contribution < 1.29 is 9.90 Å². The Bertz CT molecular complexity index is 356. The van der Waals surface area contributed by atoms with Crippen LogP contribution < -0.4 is 0 Å². The molecule has 15 heavy (non-hydrogen) atoms. The summed E-state index contributed by atoms with van der Waals surface area (Å²) >= 11 is 0. The zero-order valence-electron chi connectivity index (χ0n) is 9.42. The van der Waals surface area contributed by atoms with Crippen molar-refractivity contribution in [2.75, 3.05) is 0 Å². The van der Waals surface area contributed by atoms with Crippen molar-refractivity contribution in [2.24, 2.45) is 16.7 Å². The fraction of sp³-hybridized carbons (Fsp3) is 0.615. The van der Waals surface area contributed by atoms with Gasteiger partial charge in [-0.2, -0.15) is 0 Å². The molecule has 0 spiro atoms. The molecule has 3 atom stereocenters. The summed E-state index contributed by atoms with van der Waals surface area (Å²) in [6.45, 7) is 7.87. The third-order valence-electron chi connectivity index (χ3n) is 4.14. The van der Waals surface area contributed by atoms with E-state index >= 15 is 0 Å². The van der Waals surface area contributed by atoms with Gasteiger partial charge in [-0.3, -0.25) is 4.79 Å². The van der Waals surface area contributed by atoms with Crippen LogP contribution in [-0.2, 0) is 4.79 Å². The Labute approximate surface area is 90.7 Å². The Morgan fingerprint density at radius 3 is 2.60 bits per heavy atom. The van der Waals surface area contributed by atoms with Crippen molar-refractivity contribution in [3.8, 4) is 0 Å². The molecule has 2 rings (SSSR count). The SMILES string of the molecule is C=C(C)CC1(C(=O)O)CC2C=CC1(C)C2. The zero-order chi connectivity index (χ0) is 11.3. The highest BCUT2D eigenvalue weighted by molar-refractivity contribution is 5.78. The number of carboxylic acids is 1. The normalized spacial score (nSPS) is 42.1. The van der Waals surface area contributed by atoms with Gasteiger partial charge in [0.1, 0.15) is 0 Å². The minimum Gasteiger partial charge on any atom is -0.481 e. The number of rotatable bonds is 3. The summed E-state index contributed by atoms with van der Waals surface area (Å²) in [4.78, 5) is 11.6. The van der Waals surface area contributed by atoms with E-state index in [4.69, 9.17) is 0 Å². The highest BCUT2D eigenvalue weighted by Gasteiger charge is 2.60. The standard InChI is InChI=1S/C13H18O2/c1-9(2)6-13(11(14)15)8-10-4-5-12(13,3)7-10/h4-5,10H,1,6-8H2,2-3H3,(H,14,15). The van der Waals surface area contributed by atoms with E-state index in [0.29, 0.717) is 12.3 Å². The minimum absolute atomic E-state index is 0.164. The van der Waals surface area contributed by atoms with Crippen LogP contribution in [0.15, 0.2) is 24.3 Å². The van der Waals surface area contributed by atoms with Gasteiger partial charge in [0.25, 0.3) is 0 Å². The second kappa shape index (κ2) is 2.97. The van der Waals surface area contributed by atoms with E-state index in [-0.39, 0.29) is 5.41 Å². The van der Waals surface area contributed by atoms with E-state index in [9.17, 15) is 9.90 Å². The van der Waals surface area contributed by atoms with E-state index in [2.05, 4.69) is 25.7 Å². The average molecular weight is 206 g/mol. The van der Waals surface area contributed by atoms with Crippen molar-refractivity contribution in [2.45, 2.75) is 33.1 Å². The van der Waals surface area contributed by atoms with Crippen LogP contribution in [0.3, 0.4) is 0 Å². The second-order valence-corrected chi connectivity index (χ2v) is 5.47. The van der Waals surface area contributed by atoms with Crippen molar-refractivity contribution in [3.63, 3.8) is 0 Å². The van der Waals surface area contributed by atoms with E-state index < -0.39 is 11.4 Å². The molecule has 2 aliphatic carbocycles. The maximum atomic E-state index is 11.6. The zero-order valence-corrected chi connectivity index (χ0v) is 9.42. The maximum absolute atomic E-state index is 11.6. The summed E-state index contributed by atoms with van der Waals surface area (Å²) in [7, 11) is 0. The van der Waals surface area contributed by atoms with Crippen LogP contribution in [0, 0.1) is 16.7 Å². The van der Waals surface area contributed by atoms with Gasteiger partial charge in [0.05, 0.1) is 5.41 Å². The molecular weight excluding hydrogens is 188 g/mol. The summed E-state index contributed by atoms with van der Waals surface area (Å²) in [6, 6.07) is 0. The molecule has 3 unspecified atom stereocenters. The van der Waals surface area contributed by atoms with Crippen LogP contribution in [0.4, 0.5) is 0 Å². The molecule has 0 aromatic carbocycles. The van der Waals surface area contributed by atoms with E-state index in [1.807, 2.05) is 6.92 Å². The first-order valence-corrected chi connectivity index (χ1v) is 5.47. The van der Waals surface area contributed by atoms with Gasteiger partial charge >= 0.3 is 5.97 Å². The number of hydrogen-bond donors (Lipinski definition) is 1. The van der Waals surface area contributed by atoms with Crippen LogP contribution >= 0.6 is 0 Å². The lowest BCUT2D eigenvalue weighted by Gasteiger charge is -2.39. The highest BCUT2D eigenvalue weighted by atomic mass is 16.4. The Balaban J connectivity index is 2.41. The monoisotopic (exact) mass is 206 g/mol. The van der Waals surface area contributed by atoms with Crippen LogP contribution in [0.1, 0.15) is 33.1 Å². The number of carboxylic acid groups (broad SMARTS) is 1. The van der Waals surface area contributed by atoms with Crippen LogP contribution in [-0.4, -0.2) is 11.1 Å². The average Bonchev–Trinajstić information content (AvgIpc) is 2.57. The molecule has 1 fully saturated rings. The number of allylic oxidation sites excluding steroid dienone is 3. The van der Waals surface area contributed by atoms with Gasteiger partial charge in [0.2, 0.25) is 0 Å². The van der Waals surface area contributed by atoms with Gasteiger partial charge in [0.15, 0.2) is 0 Å². The Morgan fingerprint density at radius 1 is 1.60 bits per heavy atom. The molecule has 0 radical (unpaired) electrons. The predicted molar refractivity (Wildman–Crippen MR) is 59.5 cm³/mol. The molecule has 0 aromatic heterocycles. The third-order valence-corrected chi connectivity index (χ3v) is 4.14. The maximum Gasteiger partial charge on any atom is 0.310 e. The summed E-state index contributed by atoms with van der Waals surface area (Å²) in [6.07, 6.45) is 6.67. The molecular formula is C13H18O2. The van der Waals surface area contributed by atoms with Crippen LogP contribution in [0.2, 0.25) is 0 Å². The molecule has 0 saturated heterocycles. The molecule has 2 aliphatic rings. The molecule has 2 nitrogen and oxygen atoms in total. The van der Waals surface area contributed by atoms with Gasteiger partial charge in [-0.15, -0.1) is 6.58 Å². The lowest BCUT2D eigenvalue weighted by Crippen LogP contribution is -2.41. The first-order chi connectivity index (χ1) is 6.90.